The molecule has 0 aromatic heterocycles. The molecule has 11 heteroatoms. The number of guanidine groups is 1. The van der Waals surface area contributed by atoms with Crippen molar-refractivity contribution < 1.29 is 27.4 Å². The van der Waals surface area contributed by atoms with E-state index in [2.05, 4.69) is 20.9 Å². The van der Waals surface area contributed by atoms with Crippen LogP contribution in [0.15, 0.2) is 17.1 Å². The van der Waals surface area contributed by atoms with Gasteiger partial charge in [0.15, 0.2) is 23.4 Å². The van der Waals surface area contributed by atoms with Gasteiger partial charge in [0, 0.05) is 32.7 Å². The van der Waals surface area contributed by atoms with Crippen molar-refractivity contribution in [3.8, 4) is 0 Å². The molecule has 1 aromatic carbocycles. The zero-order valence-corrected chi connectivity index (χ0v) is 18.4. The third-order valence-electron chi connectivity index (χ3n) is 4.08. The first kappa shape index (κ1) is 25.4. The Balaban J connectivity index is 0.00000420. The van der Waals surface area contributed by atoms with Gasteiger partial charge < -0.3 is 25.4 Å². The van der Waals surface area contributed by atoms with Crippen molar-refractivity contribution in [1.29, 1.82) is 0 Å². The fourth-order valence-electron chi connectivity index (χ4n) is 2.55. The van der Waals surface area contributed by atoms with Crippen LogP contribution >= 0.6 is 24.0 Å². The summed E-state index contributed by atoms with van der Waals surface area (Å²) in [5.41, 5.74) is -0.432. The number of ether oxygens (including phenoxy) is 2. The van der Waals surface area contributed by atoms with Gasteiger partial charge in [-0.2, -0.15) is 0 Å². The minimum atomic E-state index is -1.63. The SMILES string of the molecule is CN=C(NCCCOCC1CCOC1)NCC(=O)Nc1ccc(F)c(F)c1F.I. The molecule has 7 nitrogen and oxygen atoms in total. The first-order chi connectivity index (χ1) is 13.5. The number of rotatable bonds is 9. The van der Waals surface area contributed by atoms with Gasteiger partial charge in [0.2, 0.25) is 5.91 Å². The third-order valence-corrected chi connectivity index (χ3v) is 4.08. The van der Waals surface area contributed by atoms with E-state index in [4.69, 9.17) is 9.47 Å². The van der Waals surface area contributed by atoms with Gasteiger partial charge >= 0.3 is 0 Å². The van der Waals surface area contributed by atoms with E-state index >= 15 is 0 Å². The molecule has 0 bridgehead atoms. The number of aliphatic imine (C=N–C) groups is 1. The largest absolute Gasteiger partial charge is 0.381 e. The Morgan fingerprint density at radius 2 is 2.07 bits per heavy atom. The van der Waals surface area contributed by atoms with Gasteiger partial charge in [-0.25, -0.2) is 13.2 Å². The number of carbonyl (C=O) groups is 1. The van der Waals surface area contributed by atoms with Crippen molar-refractivity contribution in [2.45, 2.75) is 12.8 Å². The van der Waals surface area contributed by atoms with Gasteiger partial charge in [-0.1, -0.05) is 0 Å². The molecule has 1 aliphatic heterocycles. The highest BCUT2D eigenvalue weighted by atomic mass is 127. The summed E-state index contributed by atoms with van der Waals surface area (Å²) in [7, 11) is 1.54. The second-order valence-corrected chi connectivity index (χ2v) is 6.28. The van der Waals surface area contributed by atoms with Gasteiger partial charge in [0.1, 0.15) is 0 Å². The van der Waals surface area contributed by atoms with Crippen LogP contribution in [0.3, 0.4) is 0 Å². The second kappa shape index (κ2) is 13.6. The first-order valence-electron chi connectivity index (χ1n) is 9.04. The predicted molar refractivity (Wildman–Crippen MR) is 114 cm³/mol. The van der Waals surface area contributed by atoms with Gasteiger partial charge in [0.25, 0.3) is 0 Å². The highest BCUT2D eigenvalue weighted by Gasteiger charge is 2.16. The normalized spacial score (nSPS) is 16.3. The topological polar surface area (TPSA) is 84.0 Å². The molecule has 0 saturated carbocycles. The lowest BCUT2D eigenvalue weighted by atomic mass is 10.1. The van der Waals surface area contributed by atoms with Crippen molar-refractivity contribution in [2.75, 3.05) is 51.9 Å². The number of hydrogen-bond donors (Lipinski definition) is 3. The van der Waals surface area contributed by atoms with Crippen LogP contribution in [-0.2, 0) is 14.3 Å². The van der Waals surface area contributed by atoms with Crippen molar-refractivity contribution >= 4 is 41.5 Å². The van der Waals surface area contributed by atoms with Crippen LogP contribution in [0.2, 0.25) is 0 Å². The molecule has 1 saturated heterocycles. The highest BCUT2D eigenvalue weighted by Crippen LogP contribution is 2.19. The maximum absolute atomic E-state index is 13.5. The molecule has 1 aliphatic rings. The van der Waals surface area contributed by atoms with E-state index in [1.165, 1.54) is 0 Å². The molecule has 3 N–H and O–H groups in total. The average Bonchev–Trinajstić information content (AvgIpc) is 3.21. The van der Waals surface area contributed by atoms with Gasteiger partial charge in [0.05, 0.1) is 25.4 Å². The van der Waals surface area contributed by atoms with Crippen LogP contribution in [0.5, 0.6) is 0 Å². The molecule has 1 atom stereocenters. The lowest BCUT2D eigenvalue weighted by Crippen LogP contribution is -2.42. The van der Waals surface area contributed by atoms with E-state index in [0.29, 0.717) is 31.6 Å². The fraction of sp³-hybridized carbons (Fsp3) is 0.556. The van der Waals surface area contributed by atoms with E-state index in [1.54, 1.807) is 7.05 Å². The number of amides is 1. The Kier molecular flexibility index (Phi) is 11.9. The number of halogens is 4. The Morgan fingerprint density at radius 3 is 2.76 bits per heavy atom. The predicted octanol–water partition coefficient (Wildman–Crippen LogP) is 2.27. The number of anilines is 1. The molecule has 1 amide bonds. The van der Waals surface area contributed by atoms with E-state index in [0.717, 1.165) is 38.2 Å². The van der Waals surface area contributed by atoms with Crippen LogP contribution in [0.25, 0.3) is 0 Å². The Hall–Kier alpha value is -1.60. The quantitative estimate of drug-likeness (QED) is 0.150. The van der Waals surface area contributed by atoms with Crippen LogP contribution in [-0.4, -0.2) is 58.4 Å². The molecule has 1 heterocycles. The maximum Gasteiger partial charge on any atom is 0.243 e. The minimum absolute atomic E-state index is 0. The summed E-state index contributed by atoms with van der Waals surface area (Å²) in [6.07, 6.45) is 1.78. The summed E-state index contributed by atoms with van der Waals surface area (Å²) in [5, 5.41) is 7.94. The molecule has 1 unspecified atom stereocenters. The van der Waals surface area contributed by atoms with Gasteiger partial charge in [-0.05, 0) is 25.0 Å². The van der Waals surface area contributed by atoms with Crippen LogP contribution in [0.1, 0.15) is 12.8 Å². The first-order valence-corrected chi connectivity index (χ1v) is 9.04. The lowest BCUT2D eigenvalue weighted by Gasteiger charge is -2.13. The smallest absolute Gasteiger partial charge is 0.243 e. The zero-order valence-electron chi connectivity index (χ0n) is 16.1. The van der Waals surface area contributed by atoms with Gasteiger partial charge in [-0.3, -0.25) is 9.79 Å². The van der Waals surface area contributed by atoms with Gasteiger partial charge in [-0.15, -0.1) is 24.0 Å². The molecule has 0 radical (unpaired) electrons. The number of benzene rings is 1. The van der Waals surface area contributed by atoms with Crippen LogP contribution in [0.4, 0.5) is 18.9 Å². The third kappa shape index (κ3) is 8.74. The molecule has 0 aliphatic carbocycles. The van der Waals surface area contributed by atoms with E-state index < -0.39 is 29.0 Å². The maximum atomic E-state index is 13.5. The van der Waals surface area contributed by atoms with E-state index in [-0.39, 0.29) is 30.5 Å². The summed E-state index contributed by atoms with van der Waals surface area (Å²) >= 11 is 0. The average molecular weight is 530 g/mol. The van der Waals surface area contributed by atoms with Crippen molar-refractivity contribution in [1.82, 2.24) is 10.6 Å². The number of carbonyl (C=O) groups excluding carboxylic acids is 1. The number of hydrogen-bond acceptors (Lipinski definition) is 4. The fourth-order valence-corrected chi connectivity index (χ4v) is 2.55. The summed E-state index contributed by atoms with van der Waals surface area (Å²) in [6, 6.07) is 1.69. The van der Waals surface area contributed by atoms with Crippen molar-refractivity contribution in [3.63, 3.8) is 0 Å². The molecule has 1 aromatic rings. The Labute approximate surface area is 184 Å². The molecule has 164 valence electrons. The number of nitrogens with one attached hydrogen (secondary N) is 3. The molecule has 1 fully saturated rings. The molecule has 2 rings (SSSR count). The summed E-state index contributed by atoms with van der Waals surface area (Å²) < 4.78 is 50.5. The van der Waals surface area contributed by atoms with Crippen molar-refractivity contribution in [3.05, 3.63) is 29.6 Å². The van der Waals surface area contributed by atoms with Crippen molar-refractivity contribution in [2.24, 2.45) is 10.9 Å². The summed E-state index contributed by atoms with van der Waals surface area (Å²) in [5.74, 6) is -4.18. The summed E-state index contributed by atoms with van der Waals surface area (Å²) in [4.78, 5) is 15.8. The molecular formula is C18H26F3IN4O3. The highest BCUT2D eigenvalue weighted by molar-refractivity contribution is 14.0. The summed E-state index contributed by atoms with van der Waals surface area (Å²) in [6.45, 7) is 3.19. The molecule has 29 heavy (non-hydrogen) atoms. The standard InChI is InChI=1S/C18H25F3N4O3.HI/c1-22-18(23-6-2-7-27-10-12-5-8-28-11-12)24-9-15(26)25-14-4-3-13(19)16(20)17(14)21;/h3-4,12H,2,5-11H2,1H3,(H,25,26)(H2,22,23,24);1H. The lowest BCUT2D eigenvalue weighted by molar-refractivity contribution is -0.115. The van der Waals surface area contributed by atoms with Crippen LogP contribution < -0.4 is 16.0 Å². The molecule has 0 spiro atoms. The zero-order chi connectivity index (χ0) is 20.4. The second-order valence-electron chi connectivity index (χ2n) is 6.28. The Bertz CT molecular complexity index is 689. The van der Waals surface area contributed by atoms with E-state index in [9.17, 15) is 18.0 Å². The Morgan fingerprint density at radius 1 is 1.28 bits per heavy atom. The van der Waals surface area contributed by atoms with Crippen LogP contribution in [0, 0.1) is 23.4 Å². The monoisotopic (exact) mass is 530 g/mol. The number of nitrogens with zero attached hydrogens (tertiary/aromatic N) is 1. The molecular weight excluding hydrogens is 504 g/mol. The van der Waals surface area contributed by atoms with E-state index in [1.807, 2.05) is 0 Å². The minimum Gasteiger partial charge on any atom is -0.381 e.